The van der Waals surface area contributed by atoms with Crippen molar-refractivity contribution in [1.82, 2.24) is 15.0 Å². The summed E-state index contributed by atoms with van der Waals surface area (Å²) in [5.41, 5.74) is 1.61. The van der Waals surface area contributed by atoms with E-state index >= 15 is 0 Å². The van der Waals surface area contributed by atoms with E-state index in [1.54, 1.807) is 24.3 Å². The molecule has 0 aliphatic rings. The summed E-state index contributed by atoms with van der Waals surface area (Å²) >= 11 is 0. The molecule has 0 saturated heterocycles. The van der Waals surface area contributed by atoms with Gasteiger partial charge >= 0.3 is 5.97 Å². The molecule has 2 aromatic heterocycles. The number of rotatable bonds is 8. The van der Waals surface area contributed by atoms with Gasteiger partial charge in [0.05, 0.1) is 29.4 Å². The molecule has 1 aromatic carbocycles. The Morgan fingerprint density at radius 3 is 2.48 bits per heavy atom. The number of anilines is 2. The van der Waals surface area contributed by atoms with Crippen molar-refractivity contribution in [3.63, 3.8) is 0 Å². The lowest BCUT2D eigenvalue weighted by atomic mass is 10.1. The van der Waals surface area contributed by atoms with Crippen LogP contribution < -0.4 is 10.6 Å². The number of hydrogen-bond donors (Lipinski definition) is 2. The molecule has 0 amide bonds. The normalized spacial score (nSPS) is 10.1. The van der Waals surface area contributed by atoms with E-state index in [9.17, 15) is 14.9 Å². The van der Waals surface area contributed by atoms with Crippen molar-refractivity contribution in [2.24, 2.45) is 0 Å². The van der Waals surface area contributed by atoms with Gasteiger partial charge in [-0.3, -0.25) is 10.1 Å². The number of ether oxygens (including phenoxy) is 1. The molecular weight excluding hydrogens is 402 g/mol. The highest BCUT2D eigenvalue weighted by Gasteiger charge is 2.17. The SMILES string of the molecule is COC(=O)c1cnc(NCCNc2ccc([N+](=O)[O-])cn2)nc1-c1ccc(C#N)cc1. The van der Waals surface area contributed by atoms with Crippen molar-refractivity contribution in [1.29, 1.82) is 5.26 Å². The Hall–Kier alpha value is -4.59. The number of nitrogens with one attached hydrogen (secondary N) is 2. The molecule has 3 rings (SSSR count). The molecule has 0 spiro atoms. The fourth-order valence-corrected chi connectivity index (χ4v) is 2.61. The molecule has 11 heteroatoms. The molecule has 0 atom stereocenters. The Labute approximate surface area is 176 Å². The van der Waals surface area contributed by atoms with E-state index in [0.29, 0.717) is 41.7 Å². The number of aromatic nitrogens is 3. The van der Waals surface area contributed by atoms with Crippen LogP contribution in [0.3, 0.4) is 0 Å². The van der Waals surface area contributed by atoms with Gasteiger partial charge in [-0.25, -0.2) is 19.7 Å². The second-order valence-electron chi connectivity index (χ2n) is 6.15. The largest absolute Gasteiger partial charge is 0.465 e. The summed E-state index contributed by atoms with van der Waals surface area (Å²) < 4.78 is 4.80. The summed E-state index contributed by atoms with van der Waals surface area (Å²) in [6, 6.07) is 11.6. The molecule has 0 aliphatic heterocycles. The smallest absolute Gasteiger partial charge is 0.341 e. The number of carbonyl (C=O) groups is 1. The van der Waals surface area contributed by atoms with Crippen LogP contribution in [0.15, 0.2) is 48.8 Å². The van der Waals surface area contributed by atoms with Gasteiger partial charge in [0.15, 0.2) is 0 Å². The van der Waals surface area contributed by atoms with Crippen LogP contribution in [0.25, 0.3) is 11.3 Å². The highest BCUT2D eigenvalue weighted by molar-refractivity contribution is 5.96. The zero-order valence-corrected chi connectivity index (χ0v) is 16.4. The van der Waals surface area contributed by atoms with E-state index < -0.39 is 10.9 Å². The third kappa shape index (κ3) is 5.27. The van der Waals surface area contributed by atoms with Gasteiger partial charge in [-0.05, 0) is 18.2 Å². The van der Waals surface area contributed by atoms with Gasteiger partial charge in [-0.15, -0.1) is 0 Å². The molecular formula is C20H17N7O4. The van der Waals surface area contributed by atoms with E-state index in [2.05, 4.69) is 25.6 Å². The Kier molecular flexibility index (Phi) is 6.64. The van der Waals surface area contributed by atoms with Crippen LogP contribution in [0.1, 0.15) is 15.9 Å². The average Bonchev–Trinajstić information content (AvgIpc) is 2.81. The van der Waals surface area contributed by atoms with E-state index in [-0.39, 0.29) is 11.3 Å². The molecule has 156 valence electrons. The molecule has 2 N–H and O–H groups in total. The number of nitriles is 1. The first-order valence-electron chi connectivity index (χ1n) is 9.06. The highest BCUT2D eigenvalue weighted by atomic mass is 16.6. The van der Waals surface area contributed by atoms with Crippen molar-refractivity contribution >= 4 is 23.4 Å². The van der Waals surface area contributed by atoms with E-state index in [4.69, 9.17) is 10.00 Å². The lowest BCUT2D eigenvalue weighted by molar-refractivity contribution is -0.385. The second kappa shape index (κ2) is 9.75. The van der Waals surface area contributed by atoms with Crippen LogP contribution in [-0.2, 0) is 4.74 Å². The first kappa shape index (κ1) is 21.1. The molecule has 0 fully saturated rings. The van der Waals surface area contributed by atoms with Crippen molar-refractivity contribution < 1.29 is 14.5 Å². The molecule has 0 saturated carbocycles. The maximum absolute atomic E-state index is 12.1. The second-order valence-corrected chi connectivity index (χ2v) is 6.15. The molecule has 0 aliphatic carbocycles. The molecule has 11 nitrogen and oxygen atoms in total. The fraction of sp³-hybridized carbons (Fsp3) is 0.150. The monoisotopic (exact) mass is 419 g/mol. The number of benzene rings is 1. The van der Waals surface area contributed by atoms with Crippen molar-refractivity contribution in [2.45, 2.75) is 0 Å². The molecule has 0 radical (unpaired) electrons. The van der Waals surface area contributed by atoms with Gasteiger partial charge in [0.1, 0.15) is 17.6 Å². The molecule has 0 bridgehead atoms. The third-order valence-corrected chi connectivity index (χ3v) is 4.15. The van der Waals surface area contributed by atoms with Crippen molar-refractivity contribution in [3.05, 3.63) is 70.0 Å². The predicted octanol–water partition coefficient (Wildman–Crippen LogP) is 2.63. The van der Waals surface area contributed by atoms with E-state index in [1.165, 1.54) is 31.6 Å². The number of hydrogen-bond acceptors (Lipinski definition) is 10. The number of carbonyl (C=O) groups excluding carboxylic acids is 1. The van der Waals surface area contributed by atoms with Crippen LogP contribution in [0.2, 0.25) is 0 Å². The topological polar surface area (TPSA) is 156 Å². The Morgan fingerprint density at radius 1 is 1.13 bits per heavy atom. The average molecular weight is 419 g/mol. The first-order valence-corrected chi connectivity index (χ1v) is 9.06. The van der Waals surface area contributed by atoms with Gasteiger partial charge in [-0.2, -0.15) is 5.26 Å². The minimum atomic E-state index is -0.572. The molecule has 0 unspecified atom stereocenters. The van der Waals surface area contributed by atoms with Crippen LogP contribution in [0.4, 0.5) is 17.5 Å². The van der Waals surface area contributed by atoms with E-state index in [1.807, 2.05) is 6.07 Å². The van der Waals surface area contributed by atoms with E-state index in [0.717, 1.165) is 0 Å². The van der Waals surface area contributed by atoms with Crippen LogP contribution in [-0.4, -0.2) is 46.0 Å². The highest BCUT2D eigenvalue weighted by Crippen LogP contribution is 2.23. The summed E-state index contributed by atoms with van der Waals surface area (Å²) in [5.74, 6) is 0.218. The lowest BCUT2D eigenvalue weighted by Crippen LogP contribution is -2.16. The lowest BCUT2D eigenvalue weighted by Gasteiger charge is -2.11. The molecule has 2 heterocycles. The van der Waals surface area contributed by atoms with Crippen molar-refractivity contribution in [3.8, 4) is 17.3 Å². The van der Waals surface area contributed by atoms with Gasteiger partial charge in [0.2, 0.25) is 5.95 Å². The maximum atomic E-state index is 12.1. The number of methoxy groups -OCH3 is 1. The third-order valence-electron chi connectivity index (χ3n) is 4.15. The molecule has 3 aromatic rings. The number of esters is 1. The van der Waals surface area contributed by atoms with Crippen molar-refractivity contribution in [2.75, 3.05) is 30.8 Å². The van der Waals surface area contributed by atoms with Gasteiger partial charge in [0, 0.05) is 30.9 Å². The minimum absolute atomic E-state index is 0.0851. The van der Waals surface area contributed by atoms with Crippen LogP contribution in [0.5, 0.6) is 0 Å². The maximum Gasteiger partial charge on any atom is 0.341 e. The summed E-state index contributed by atoms with van der Waals surface area (Å²) in [4.78, 5) is 34.8. The summed E-state index contributed by atoms with van der Waals surface area (Å²) in [5, 5.41) is 25.7. The molecule has 31 heavy (non-hydrogen) atoms. The van der Waals surface area contributed by atoms with Gasteiger partial charge in [-0.1, -0.05) is 12.1 Å². The standard InChI is InChI=1S/C20H17N7O4/c1-31-19(28)16-12-25-20(26-18(16)14-4-2-13(10-21)3-5-14)23-9-8-22-17-7-6-15(11-24-17)27(29)30/h2-7,11-12H,8-9H2,1H3,(H,22,24)(H,23,25,26). The predicted molar refractivity (Wildman–Crippen MR) is 111 cm³/mol. The zero-order chi connectivity index (χ0) is 22.2. The minimum Gasteiger partial charge on any atom is -0.465 e. The number of nitrogens with zero attached hydrogens (tertiary/aromatic N) is 5. The zero-order valence-electron chi connectivity index (χ0n) is 16.4. The summed E-state index contributed by atoms with van der Waals surface area (Å²) in [7, 11) is 1.27. The first-order chi connectivity index (χ1) is 15.0. The fourth-order valence-electron chi connectivity index (χ4n) is 2.61. The van der Waals surface area contributed by atoms with Gasteiger partial charge < -0.3 is 15.4 Å². The van der Waals surface area contributed by atoms with Gasteiger partial charge in [0.25, 0.3) is 5.69 Å². The van der Waals surface area contributed by atoms with Crippen LogP contribution >= 0.6 is 0 Å². The van der Waals surface area contributed by atoms with Crippen LogP contribution in [0, 0.1) is 21.4 Å². The quantitative estimate of drug-likeness (QED) is 0.241. The number of nitro groups is 1. The summed E-state index contributed by atoms with van der Waals surface area (Å²) in [6.07, 6.45) is 2.55. The summed E-state index contributed by atoms with van der Waals surface area (Å²) in [6.45, 7) is 0.863. The number of pyridine rings is 1. The Bertz CT molecular complexity index is 1130. The Morgan fingerprint density at radius 2 is 1.87 bits per heavy atom. The Balaban J connectivity index is 1.69.